The van der Waals surface area contributed by atoms with Gasteiger partial charge in [0.05, 0.1) is 38.3 Å². The van der Waals surface area contributed by atoms with E-state index in [1.54, 1.807) is 23.5 Å². The minimum atomic E-state index is 0.408. The van der Waals surface area contributed by atoms with Crippen molar-refractivity contribution in [3.8, 4) is 5.75 Å². The summed E-state index contributed by atoms with van der Waals surface area (Å²) in [5.41, 5.74) is 0.884. The zero-order valence-corrected chi connectivity index (χ0v) is 13.5. The lowest BCUT2D eigenvalue weighted by Crippen LogP contribution is -2.01. The van der Waals surface area contributed by atoms with Gasteiger partial charge in [-0.15, -0.1) is 22.9 Å². The summed E-state index contributed by atoms with van der Waals surface area (Å²) >= 11 is 25.0. The third kappa shape index (κ3) is 4.14. The lowest BCUT2D eigenvalue weighted by molar-refractivity contribution is 0.322. The Labute approximate surface area is 135 Å². The van der Waals surface area contributed by atoms with Crippen molar-refractivity contribution in [2.24, 2.45) is 0 Å². The Hall–Kier alpha value is -0.190. The van der Waals surface area contributed by atoms with Gasteiger partial charge in [-0.2, -0.15) is 0 Å². The molecule has 19 heavy (non-hydrogen) atoms. The molecule has 7 heteroatoms. The largest absolute Gasteiger partial charge is 0.492 e. The quantitative estimate of drug-likeness (QED) is 0.523. The number of rotatable bonds is 5. The molecular formula is C12H9Cl4NOS. The molecule has 0 aliphatic heterocycles. The molecule has 0 N–H and O–H groups in total. The number of hydrogen-bond donors (Lipinski definition) is 0. The lowest BCUT2D eigenvalue weighted by atomic mass is 10.3. The van der Waals surface area contributed by atoms with Crippen molar-refractivity contribution in [2.75, 3.05) is 6.61 Å². The van der Waals surface area contributed by atoms with Crippen LogP contribution in [0.2, 0.25) is 15.1 Å². The summed E-state index contributed by atoms with van der Waals surface area (Å²) in [5.74, 6) is 0.945. The molecule has 2 rings (SSSR count). The van der Waals surface area contributed by atoms with Gasteiger partial charge >= 0.3 is 0 Å². The maximum Gasteiger partial charge on any atom is 0.139 e. The Bertz CT molecular complexity index is 573. The average molecular weight is 357 g/mol. The van der Waals surface area contributed by atoms with Gasteiger partial charge in [-0.3, -0.25) is 0 Å². The third-order valence-electron chi connectivity index (χ3n) is 2.28. The summed E-state index contributed by atoms with van der Waals surface area (Å²) in [4.78, 5) is 4.34. The van der Waals surface area contributed by atoms with Crippen LogP contribution in [0.1, 0.15) is 10.7 Å². The minimum absolute atomic E-state index is 0.408. The standard InChI is InChI=1S/C12H9Cl4NOS/c13-5-7-6-19-12(17-7)1-2-18-11-4-9(15)8(14)3-10(11)16/h3-4,6H,1-2,5H2. The van der Waals surface area contributed by atoms with Crippen LogP contribution in [0.4, 0.5) is 0 Å². The monoisotopic (exact) mass is 355 g/mol. The van der Waals surface area contributed by atoms with E-state index in [-0.39, 0.29) is 0 Å². The molecule has 0 aliphatic rings. The van der Waals surface area contributed by atoms with Crippen LogP contribution in [0.15, 0.2) is 17.5 Å². The SMILES string of the molecule is ClCc1csc(CCOc2cc(Cl)c(Cl)cc2Cl)n1. The summed E-state index contributed by atoms with van der Waals surface area (Å²) < 4.78 is 5.58. The highest BCUT2D eigenvalue weighted by atomic mass is 35.5. The summed E-state index contributed by atoms with van der Waals surface area (Å²) in [7, 11) is 0. The van der Waals surface area contributed by atoms with Gasteiger partial charge in [-0.05, 0) is 6.07 Å². The van der Waals surface area contributed by atoms with Gasteiger partial charge in [-0.1, -0.05) is 34.8 Å². The predicted octanol–water partition coefficient (Wildman–Crippen LogP) is 5.46. The summed E-state index contributed by atoms with van der Waals surface area (Å²) in [6.45, 7) is 0.465. The van der Waals surface area contributed by atoms with Crippen LogP contribution in [0.3, 0.4) is 0 Å². The Morgan fingerprint density at radius 3 is 2.53 bits per heavy atom. The summed E-state index contributed by atoms with van der Waals surface area (Å²) in [5, 5.41) is 4.18. The average Bonchev–Trinajstić information content (AvgIpc) is 2.83. The van der Waals surface area contributed by atoms with Crippen molar-refractivity contribution < 1.29 is 4.74 Å². The van der Waals surface area contributed by atoms with E-state index in [2.05, 4.69) is 4.98 Å². The molecular weight excluding hydrogens is 348 g/mol. The van der Waals surface area contributed by atoms with E-state index in [9.17, 15) is 0 Å². The van der Waals surface area contributed by atoms with E-state index < -0.39 is 0 Å². The highest BCUT2D eigenvalue weighted by molar-refractivity contribution is 7.09. The van der Waals surface area contributed by atoms with E-state index in [1.165, 1.54) is 0 Å². The van der Waals surface area contributed by atoms with Crippen LogP contribution >= 0.6 is 57.7 Å². The molecule has 0 amide bonds. The second-order valence-electron chi connectivity index (χ2n) is 3.66. The Balaban J connectivity index is 1.94. The van der Waals surface area contributed by atoms with E-state index in [1.807, 2.05) is 5.38 Å². The zero-order valence-electron chi connectivity index (χ0n) is 9.63. The number of alkyl halides is 1. The van der Waals surface area contributed by atoms with E-state index >= 15 is 0 Å². The van der Waals surface area contributed by atoms with E-state index in [0.717, 1.165) is 10.7 Å². The van der Waals surface area contributed by atoms with Crippen LogP contribution in [-0.4, -0.2) is 11.6 Å². The first-order valence-electron chi connectivity index (χ1n) is 5.36. The van der Waals surface area contributed by atoms with E-state index in [4.69, 9.17) is 51.1 Å². The molecule has 1 heterocycles. The number of aromatic nitrogens is 1. The molecule has 1 aromatic carbocycles. The van der Waals surface area contributed by atoms with Crippen LogP contribution in [0.25, 0.3) is 0 Å². The molecule has 0 radical (unpaired) electrons. The molecule has 2 aromatic rings. The maximum atomic E-state index is 6.01. The summed E-state index contributed by atoms with van der Waals surface area (Å²) in [6.07, 6.45) is 0.693. The number of benzene rings is 1. The van der Waals surface area contributed by atoms with Crippen molar-refractivity contribution in [2.45, 2.75) is 12.3 Å². The maximum absolute atomic E-state index is 6.01. The Morgan fingerprint density at radius 1 is 1.11 bits per heavy atom. The molecule has 0 saturated carbocycles. The normalized spacial score (nSPS) is 10.7. The van der Waals surface area contributed by atoms with Crippen molar-refractivity contribution in [1.29, 1.82) is 0 Å². The molecule has 102 valence electrons. The molecule has 0 aliphatic carbocycles. The first-order chi connectivity index (χ1) is 9.10. The fourth-order valence-electron chi connectivity index (χ4n) is 1.39. The number of thiazole rings is 1. The smallest absolute Gasteiger partial charge is 0.139 e. The van der Waals surface area contributed by atoms with E-state index in [0.29, 0.717) is 39.7 Å². The van der Waals surface area contributed by atoms with Crippen molar-refractivity contribution in [1.82, 2.24) is 4.98 Å². The highest BCUT2D eigenvalue weighted by Crippen LogP contribution is 2.33. The topological polar surface area (TPSA) is 22.1 Å². The second kappa shape index (κ2) is 7.00. The van der Waals surface area contributed by atoms with Crippen molar-refractivity contribution in [3.63, 3.8) is 0 Å². The van der Waals surface area contributed by atoms with Crippen molar-refractivity contribution >= 4 is 57.7 Å². The van der Waals surface area contributed by atoms with Gasteiger partial charge in [0.2, 0.25) is 0 Å². The van der Waals surface area contributed by atoms with Gasteiger partial charge in [0, 0.05) is 17.9 Å². The molecule has 0 spiro atoms. The third-order valence-corrected chi connectivity index (χ3v) is 4.53. The van der Waals surface area contributed by atoms with Gasteiger partial charge < -0.3 is 4.74 Å². The van der Waals surface area contributed by atoms with Gasteiger partial charge in [0.25, 0.3) is 0 Å². The Kier molecular flexibility index (Phi) is 5.60. The second-order valence-corrected chi connectivity index (χ2v) is 6.09. The van der Waals surface area contributed by atoms with Gasteiger partial charge in [0.1, 0.15) is 5.75 Å². The molecule has 0 atom stereocenters. The fraction of sp³-hybridized carbons (Fsp3) is 0.250. The number of halogens is 4. The predicted molar refractivity (Wildman–Crippen MR) is 82.3 cm³/mol. The van der Waals surface area contributed by atoms with Crippen LogP contribution < -0.4 is 4.74 Å². The zero-order chi connectivity index (χ0) is 13.8. The van der Waals surface area contributed by atoms with Gasteiger partial charge in [0.15, 0.2) is 0 Å². The van der Waals surface area contributed by atoms with Crippen LogP contribution in [0, 0.1) is 0 Å². The van der Waals surface area contributed by atoms with Gasteiger partial charge in [-0.25, -0.2) is 4.98 Å². The fourth-order valence-corrected chi connectivity index (χ4v) is 2.99. The number of nitrogens with zero attached hydrogens (tertiary/aromatic N) is 1. The number of ether oxygens (including phenoxy) is 1. The molecule has 1 aromatic heterocycles. The highest BCUT2D eigenvalue weighted by Gasteiger charge is 2.08. The molecule has 2 nitrogen and oxygen atoms in total. The first-order valence-corrected chi connectivity index (χ1v) is 7.91. The summed E-state index contributed by atoms with van der Waals surface area (Å²) in [6, 6.07) is 3.17. The molecule has 0 fully saturated rings. The van der Waals surface area contributed by atoms with Crippen LogP contribution in [0.5, 0.6) is 5.75 Å². The molecule has 0 saturated heterocycles. The van der Waals surface area contributed by atoms with Crippen molar-refractivity contribution in [3.05, 3.63) is 43.3 Å². The molecule has 0 bridgehead atoms. The Morgan fingerprint density at radius 2 is 1.84 bits per heavy atom. The molecule has 0 unspecified atom stereocenters. The first kappa shape index (κ1) is 15.2. The lowest BCUT2D eigenvalue weighted by Gasteiger charge is -2.08. The van der Waals surface area contributed by atoms with Crippen LogP contribution in [-0.2, 0) is 12.3 Å². The minimum Gasteiger partial charge on any atom is -0.492 e. The number of hydrogen-bond acceptors (Lipinski definition) is 3.